The molecule has 148 valence electrons. The lowest BCUT2D eigenvalue weighted by molar-refractivity contribution is -0.137. The smallest absolute Gasteiger partial charge is 0.366 e. The molecular weight excluding hydrogens is 362 g/mol. The number of hydrogen-bond donors (Lipinski definition) is 2. The molecule has 0 aliphatic carbocycles. The van der Waals surface area contributed by atoms with Crippen LogP contribution in [0.3, 0.4) is 0 Å². The Hall–Kier alpha value is -2.48. The van der Waals surface area contributed by atoms with Gasteiger partial charge in [0.15, 0.2) is 0 Å². The highest BCUT2D eigenvalue weighted by atomic mass is 19.4. The number of benzene rings is 1. The highest BCUT2D eigenvalue weighted by molar-refractivity contribution is 5.92. The zero-order valence-corrected chi connectivity index (χ0v) is 15.6. The van der Waals surface area contributed by atoms with Crippen LogP contribution in [0.2, 0.25) is 0 Å². The fraction of sp³-hybridized carbons (Fsp3) is 0.368. The Kier molecular flexibility index (Phi) is 7.47. The molecule has 1 amide bonds. The number of aryl methyl sites for hydroxylation is 1. The molecule has 0 bridgehead atoms. The summed E-state index contributed by atoms with van der Waals surface area (Å²) in [6, 6.07) is 5.68. The summed E-state index contributed by atoms with van der Waals surface area (Å²) in [6.07, 6.45) is -2.88. The Morgan fingerprint density at radius 1 is 1.15 bits per heavy atom. The number of primary amides is 1. The van der Waals surface area contributed by atoms with E-state index in [1.165, 1.54) is 0 Å². The van der Waals surface area contributed by atoms with Gasteiger partial charge in [-0.25, -0.2) is 4.39 Å². The number of aromatic nitrogens is 1. The van der Waals surface area contributed by atoms with Crippen LogP contribution >= 0.6 is 0 Å². The van der Waals surface area contributed by atoms with Crippen molar-refractivity contribution in [3.8, 4) is 0 Å². The van der Waals surface area contributed by atoms with Crippen LogP contribution in [0.1, 0.15) is 48.0 Å². The van der Waals surface area contributed by atoms with Gasteiger partial charge in [0.25, 0.3) is 0 Å². The maximum absolute atomic E-state index is 13.3. The van der Waals surface area contributed by atoms with Gasteiger partial charge in [-0.3, -0.25) is 9.78 Å². The molecule has 0 aliphatic heterocycles. The topological polar surface area (TPSA) is 68.0 Å². The first kappa shape index (κ1) is 22.6. The molecule has 0 unspecified atom stereocenters. The van der Waals surface area contributed by atoms with Crippen molar-refractivity contribution in [3.63, 3.8) is 0 Å². The molecule has 1 heterocycles. The van der Waals surface area contributed by atoms with Gasteiger partial charge in [0, 0.05) is 35.1 Å². The number of carbonyl (C=O) groups excluding carboxylic acids is 1. The number of amides is 1. The zero-order chi connectivity index (χ0) is 20.8. The first-order valence-electron chi connectivity index (χ1n) is 8.13. The van der Waals surface area contributed by atoms with Crippen LogP contribution in [0.15, 0.2) is 36.5 Å². The molecule has 1 aromatic carbocycles. The van der Waals surface area contributed by atoms with Crippen LogP contribution < -0.4 is 11.1 Å². The second-order valence-corrected chi connectivity index (χ2v) is 6.96. The van der Waals surface area contributed by atoms with Crippen molar-refractivity contribution in [2.45, 2.75) is 46.0 Å². The number of nitrogens with zero attached hydrogens (tertiary/aromatic N) is 1. The van der Waals surface area contributed by atoms with Crippen molar-refractivity contribution in [3.05, 3.63) is 64.7 Å². The van der Waals surface area contributed by atoms with Crippen molar-refractivity contribution in [1.82, 2.24) is 10.3 Å². The Morgan fingerprint density at radius 2 is 1.78 bits per heavy atom. The second-order valence-electron chi connectivity index (χ2n) is 6.96. The molecule has 2 rings (SSSR count). The summed E-state index contributed by atoms with van der Waals surface area (Å²) < 4.78 is 50.6. The van der Waals surface area contributed by atoms with Gasteiger partial charge < -0.3 is 11.1 Å². The highest BCUT2D eigenvalue weighted by Gasteiger charge is 2.31. The van der Waals surface area contributed by atoms with Crippen LogP contribution in [0.4, 0.5) is 17.6 Å². The van der Waals surface area contributed by atoms with Crippen molar-refractivity contribution in [2.24, 2.45) is 5.73 Å². The van der Waals surface area contributed by atoms with Crippen LogP contribution in [0, 0.1) is 12.7 Å². The number of nitrogens with two attached hydrogens (primary N) is 1. The largest absolute Gasteiger partial charge is 0.416 e. The van der Waals surface area contributed by atoms with E-state index in [1.807, 2.05) is 27.7 Å². The van der Waals surface area contributed by atoms with E-state index in [0.29, 0.717) is 5.56 Å². The van der Waals surface area contributed by atoms with E-state index in [4.69, 9.17) is 5.73 Å². The normalized spacial score (nSPS) is 11.6. The number of halogens is 4. The zero-order valence-electron chi connectivity index (χ0n) is 15.6. The van der Waals surface area contributed by atoms with Gasteiger partial charge >= 0.3 is 6.18 Å². The summed E-state index contributed by atoms with van der Waals surface area (Å²) in [5, 5.41) is 2.95. The van der Waals surface area contributed by atoms with Crippen LogP contribution in [-0.4, -0.2) is 16.4 Å². The standard InChI is InChI=1S/C12H15F4N.C7H8N2O/c1-11(2,3)17-7-8-6-9(12(14,15)16)4-5-10(8)13;1-5-4-6(7(8)10)2-3-9-5/h4-6,17H,7H2,1-3H3;2-4H,1H3,(H2,8,10). The molecule has 4 nitrogen and oxygen atoms in total. The van der Waals surface area contributed by atoms with E-state index in [2.05, 4.69) is 10.3 Å². The SMILES string of the molecule is CC(C)(C)NCc1cc(C(F)(F)F)ccc1F.Cc1cc(C(N)=O)ccn1. The third kappa shape index (κ3) is 8.17. The molecule has 0 atom stereocenters. The molecule has 0 saturated heterocycles. The van der Waals surface area contributed by atoms with Crippen LogP contribution in [0.5, 0.6) is 0 Å². The quantitative estimate of drug-likeness (QED) is 0.778. The minimum atomic E-state index is -4.44. The molecule has 0 saturated carbocycles. The lowest BCUT2D eigenvalue weighted by Gasteiger charge is -2.21. The van der Waals surface area contributed by atoms with Crippen LogP contribution in [-0.2, 0) is 12.7 Å². The number of nitrogens with one attached hydrogen (secondary N) is 1. The third-order valence-electron chi connectivity index (χ3n) is 3.36. The number of carbonyl (C=O) groups is 1. The lowest BCUT2D eigenvalue weighted by atomic mass is 10.1. The summed E-state index contributed by atoms with van der Waals surface area (Å²) in [6.45, 7) is 7.46. The van der Waals surface area contributed by atoms with Gasteiger partial charge in [-0.2, -0.15) is 13.2 Å². The fourth-order valence-corrected chi connectivity index (χ4v) is 1.95. The Morgan fingerprint density at radius 3 is 2.22 bits per heavy atom. The minimum absolute atomic E-state index is 0.0229. The second kappa shape index (κ2) is 8.94. The van der Waals surface area contributed by atoms with Crippen molar-refractivity contribution >= 4 is 5.91 Å². The third-order valence-corrected chi connectivity index (χ3v) is 3.36. The Balaban J connectivity index is 0.000000309. The molecule has 0 aliphatic rings. The number of pyridine rings is 1. The van der Waals surface area contributed by atoms with Gasteiger partial charge in [0.05, 0.1) is 5.56 Å². The molecule has 2 aromatic rings. The Bertz CT molecular complexity index is 783. The first-order chi connectivity index (χ1) is 12.3. The predicted molar refractivity (Wildman–Crippen MR) is 95.5 cm³/mol. The van der Waals surface area contributed by atoms with Gasteiger partial charge in [-0.1, -0.05) is 0 Å². The lowest BCUT2D eigenvalue weighted by Crippen LogP contribution is -2.35. The van der Waals surface area contributed by atoms with Gasteiger partial charge in [-0.15, -0.1) is 0 Å². The molecule has 0 spiro atoms. The molecule has 3 N–H and O–H groups in total. The molecule has 1 aromatic heterocycles. The summed E-state index contributed by atoms with van der Waals surface area (Å²) >= 11 is 0. The molecule has 0 fully saturated rings. The van der Waals surface area contributed by atoms with E-state index in [-0.39, 0.29) is 17.6 Å². The summed E-state index contributed by atoms with van der Waals surface area (Å²) in [5.41, 5.74) is 5.24. The van der Waals surface area contributed by atoms with E-state index in [0.717, 1.165) is 23.9 Å². The monoisotopic (exact) mass is 385 g/mol. The molecule has 8 heteroatoms. The first-order valence-corrected chi connectivity index (χ1v) is 8.13. The van der Waals surface area contributed by atoms with Gasteiger partial charge in [0.2, 0.25) is 5.91 Å². The fourth-order valence-electron chi connectivity index (χ4n) is 1.95. The molecule has 27 heavy (non-hydrogen) atoms. The van der Waals surface area contributed by atoms with Crippen molar-refractivity contribution in [2.75, 3.05) is 0 Å². The number of rotatable bonds is 3. The predicted octanol–water partition coefficient (Wildman–Crippen LogP) is 4.22. The maximum Gasteiger partial charge on any atom is 0.416 e. The summed E-state index contributed by atoms with van der Waals surface area (Å²) in [4.78, 5) is 14.5. The van der Waals surface area contributed by atoms with Crippen molar-refractivity contribution < 1.29 is 22.4 Å². The average Bonchev–Trinajstić information content (AvgIpc) is 2.52. The van der Waals surface area contributed by atoms with E-state index in [9.17, 15) is 22.4 Å². The van der Waals surface area contributed by atoms with E-state index >= 15 is 0 Å². The van der Waals surface area contributed by atoms with Gasteiger partial charge in [0.1, 0.15) is 5.82 Å². The minimum Gasteiger partial charge on any atom is -0.366 e. The molecular formula is C19H23F4N3O. The summed E-state index contributed by atoms with van der Waals surface area (Å²) in [5.74, 6) is -1.04. The summed E-state index contributed by atoms with van der Waals surface area (Å²) in [7, 11) is 0. The van der Waals surface area contributed by atoms with Crippen LogP contribution in [0.25, 0.3) is 0 Å². The average molecular weight is 385 g/mol. The highest BCUT2D eigenvalue weighted by Crippen LogP contribution is 2.30. The maximum atomic E-state index is 13.3. The van der Waals surface area contributed by atoms with E-state index < -0.39 is 23.5 Å². The van der Waals surface area contributed by atoms with E-state index in [1.54, 1.807) is 18.3 Å². The Labute approximate surface area is 155 Å². The molecule has 0 radical (unpaired) electrons. The van der Waals surface area contributed by atoms with Crippen molar-refractivity contribution in [1.29, 1.82) is 0 Å². The van der Waals surface area contributed by atoms with Gasteiger partial charge in [-0.05, 0) is 58.0 Å². The number of hydrogen-bond acceptors (Lipinski definition) is 3. The number of alkyl halides is 3.